The van der Waals surface area contributed by atoms with E-state index in [-0.39, 0.29) is 50.0 Å². The molecule has 13 nitrogen and oxygen atoms in total. The van der Waals surface area contributed by atoms with Gasteiger partial charge in [0.1, 0.15) is 6.04 Å². The number of nitrogens with two attached hydrogens (primary N) is 1. The molecule has 1 aromatic carbocycles. The summed E-state index contributed by atoms with van der Waals surface area (Å²) in [5.74, 6) is -1.68. The van der Waals surface area contributed by atoms with E-state index in [1.807, 2.05) is 0 Å². The average molecular weight is 620 g/mol. The minimum atomic E-state index is -3.88. The number of benzene rings is 1. The lowest BCUT2D eigenvalue weighted by Crippen LogP contribution is -2.59. The first-order valence-corrected chi connectivity index (χ1v) is 15.9. The Morgan fingerprint density at radius 2 is 2.02 bits per heavy atom. The second-order valence-corrected chi connectivity index (χ2v) is 12.5. The van der Waals surface area contributed by atoms with Crippen LogP contribution in [0.5, 0.6) is 0 Å². The van der Waals surface area contributed by atoms with Crippen molar-refractivity contribution in [1.29, 1.82) is 5.41 Å². The van der Waals surface area contributed by atoms with E-state index in [1.54, 1.807) is 41.9 Å². The van der Waals surface area contributed by atoms with Gasteiger partial charge in [-0.1, -0.05) is 36.9 Å². The Kier molecular flexibility index (Phi) is 12.0. The van der Waals surface area contributed by atoms with Crippen LogP contribution in [-0.4, -0.2) is 91.6 Å². The molecule has 0 radical (unpaired) electrons. The molecule has 0 aliphatic carbocycles. The summed E-state index contributed by atoms with van der Waals surface area (Å²) < 4.78 is 32.7. The number of nitrogens with zero attached hydrogens (tertiary/aromatic N) is 3. The zero-order valence-corrected chi connectivity index (χ0v) is 25.1. The number of hydrogen-bond donors (Lipinski definition) is 4. The number of Topliss-reactive ketones (excluding diaryl/α,β-unsaturated/α-hetero) is 1. The van der Waals surface area contributed by atoms with Crippen LogP contribution >= 0.6 is 11.3 Å². The van der Waals surface area contributed by atoms with Gasteiger partial charge in [-0.05, 0) is 24.8 Å². The maximum Gasteiger partial charge on any atom is 0.305 e. The third kappa shape index (κ3) is 9.36. The number of aromatic nitrogens is 1. The van der Waals surface area contributed by atoms with E-state index in [2.05, 4.69) is 22.2 Å². The number of sulfonamides is 1. The maximum atomic E-state index is 13.6. The molecule has 1 aliphatic heterocycles. The molecule has 0 saturated carbocycles. The highest BCUT2D eigenvalue weighted by Gasteiger charge is 2.41. The smallest absolute Gasteiger partial charge is 0.305 e. The molecule has 0 spiro atoms. The minimum Gasteiger partial charge on any atom is -0.469 e. The number of nitrogens with one attached hydrogen (secondary N) is 3. The van der Waals surface area contributed by atoms with Crippen LogP contribution in [0.15, 0.2) is 54.2 Å². The Bertz CT molecular complexity index is 1350. The van der Waals surface area contributed by atoms with E-state index >= 15 is 0 Å². The molecule has 1 aliphatic rings. The Hall–Kier alpha value is -3.82. The molecule has 15 heteroatoms. The number of ether oxygens (including phenoxy) is 1. The number of carbonyl (C=O) groups is 3. The van der Waals surface area contributed by atoms with Crippen LogP contribution < -0.4 is 16.4 Å². The fourth-order valence-electron chi connectivity index (χ4n) is 4.62. The Labute approximate surface area is 249 Å². The predicted molar refractivity (Wildman–Crippen MR) is 159 cm³/mol. The van der Waals surface area contributed by atoms with Gasteiger partial charge in [-0.3, -0.25) is 19.8 Å². The van der Waals surface area contributed by atoms with Gasteiger partial charge in [0.05, 0.1) is 25.4 Å². The van der Waals surface area contributed by atoms with Gasteiger partial charge in [0.25, 0.3) is 0 Å². The second-order valence-electron chi connectivity index (χ2n) is 9.73. The number of esters is 1. The molecular weight excluding hydrogens is 582 g/mol. The van der Waals surface area contributed by atoms with E-state index in [0.717, 1.165) is 0 Å². The lowest BCUT2D eigenvalue weighted by atomic mass is 10.1. The van der Waals surface area contributed by atoms with Gasteiger partial charge in [-0.25, -0.2) is 13.4 Å². The summed E-state index contributed by atoms with van der Waals surface area (Å²) >= 11 is 1.21. The predicted octanol–water partition coefficient (Wildman–Crippen LogP) is 1.06. The number of piperazine rings is 1. The average Bonchev–Trinajstić information content (AvgIpc) is 3.49. The molecule has 1 saturated heterocycles. The quantitative estimate of drug-likeness (QED) is 0.0695. The number of ketones is 1. The molecule has 3 rings (SSSR count). The normalized spacial score (nSPS) is 16.5. The topological polar surface area (TPSA) is 188 Å². The van der Waals surface area contributed by atoms with Gasteiger partial charge in [-0.15, -0.1) is 11.3 Å². The number of thiazole rings is 1. The van der Waals surface area contributed by atoms with Crippen molar-refractivity contribution in [2.75, 3.05) is 33.3 Å². The van der Waals surface area contributed by atoms with Crippen LogP contribution in [0, 0.1) is 5.41 Å². The summed E-state index contributed by atoms with van der Waals surface area (Å²) in [6, 6.07) is 6.90. The van der Waals surface area contributed by atoms with Gasteiger partial charge in [0, 0.05) is 43.3 Å². The van der Waals surface area contributed by atoms with Crippen molar-refractivity contribution < 1.29 is 27.5 Å². The Balaban J connectivity index is 1.72. The number of carbonyl (C=O) groups excluding carboxylic acids is 3. The highest BCUT2D eigenvalue weighted by atomic mass is 32.2. The first-order valence-electron chi connectivity index (χ1n) is 13.4. The van der Waals surface area contributed by atoms with E-state index in [9.17, 15) is 22.8 Å². The van der Waals surface area contributed by atoms with E-state index in [1.165, 1.54) is 27.7 Å². The van der Waals surface area contributed by atoms with E-state index < -0.39 is 34.0 Å². The van der Waals surface area contributed by atoms with Crippen LogP contribution in [-0.2, 0) is 30.1 Å². The summed E-state index contributed by atoms with van der Waals surface area (Å²) in [5, 5.41) is 15.2. The van der Waals surface area contributed by atoms with Crippen molar-refractivity contribution >= 4 is 45.0 Å². The summed E-state index contributed by atoms with van der Waals surface area (Å²) in [6.07, 6.45) is 2.28. The summed E-state index contributed by atoms with van der Waals surface area (Å²) in [5.41, 5.74) is 6.32. The maximum absolute atomic E-state index is 13.6. The first-order chi connectivity index (χ1) is 20.0. The van der Waals surface area contributed by atoms with Crippen LogP contribution in [0.4, 0.5) is 0 Å². The lowest BCUT2D eigenvalue weighted by Gasteiger charge is -2.40. The van der Waals surface area contributed by atoms with Gasteiger partial charge < -0.3 is 26.0 Å². The largest absolute Gasteiger partial charge is 0.469 e. The number of amides is 1. The monoisotopic (exact) mass is 619 g/mol. The molecule has 2 heterocycles. The summed E-state index contributed by atoms with van der Waals surface area (Å²) in [6.45, 7) is 4.61. The third-order valence-corrected chi connectivity index (χ3v) is 9.28. The molecule has 0 unspecified atom stereocenters. The van der Waals surface area contributed by atoms with Gasteiger partial charge in [0.15, 0.2) is 11.0 Å². The van der Waals surface area contributed by atoms with Crippen LogP contribution in [0.2, 0.25) is 0 Å². The van der Waals surface area contributed by atoms with Gasteiger partial charge in [0.2, 0.25) is 21.7 Å². The van der Waals surface area contributed by atoms with Gasteiger partial charge >= 0.3 is 5.97 Å². The van der Waals surface area contributed by atoms with Crippen molar-refractivity contribution in [3.63, 3.8) is 0 Å². The number of hydrogen-bond acceptors (Lipinski definition) is 10. The van der Waals surface area contributed by atoms with Gasteiger partial charge in [-0.2, -0.15) is 4.31 Å². The van der Waals surface area contributed by atoms with Crippen molar-refractivity contribution in [3.05, 3.63) is 64.8 Å². The molecule has 5 N–H and O–H groups in total. The van der Waals surface area contributed by atoms with Crippen LogP contribution in [0.1, 0.15) is 41.0 Å². The SMILES string of the molecule is C=C(CN1CCN(S(=O)(=O)Cc2ccccc2)[C@@H](CCC(=O)OC)C1=O)N[C@@H](CCCNC(=N)N)C(=O)c1nccs1. The Morgan fingerprint density at radius 1 is 1.29 bits per heavy atom. The zero-order chi connectivity index (χ0) is 30.7. The number of rotatable bonds is 16. The van der Waals surface area contributed by atoms with Crippen molar-refractivity contribution in [1.82, 2.24) is 24.8 Å². The highest BCUT2D eigenvalue weighted by Crippen LogP contribution is 2.23. The minimum absolute atomic E-state index is 0.0352. The first kappa shape index (κ1) is 32.7. The zero-order valence-electron chi connectivity index (χ0n) is 23.5. The fourth-order valence-corrected chi connectivity index (χ4v) is 6.97. The molecule has 1 fully saturated rings. The molecule has 42 heavy (non-hydrogen) atoms. The summed E-state index contributed by atoms with van der Waals surface area (Å²) in [4.78, 5) is 44.2. The Morgan fingerprint density at radius 3 is 2.67 bits per heavy atom. The highest BCUT2D eigenvalue weighted by molar-refractivity contribution is 7.88. The molecule has 0 bridgehead atoms. The van der Waals surface area contributed by atoms with E-state index in [0.29, 0.717) is 35.7 Å². The van der Waals surface area contributed by atoms with Crippen LogP contribution in [0.3, 0.4) is 0 Å². The molecule has 1 amide bonds. The molecule has 228 valence electrons. The van der Waals surface area contributed by atoms with Crippen molar-refractivity contribution in [2.24, 2.45) is 5.73 Å². The molecule has 2 atom stereocenters. The van der Waals surface area contributed by atoms with Crippen LogP contribution in [0.25, 0.3) is 0 Å². The van der Waals surface area contributed by atoms with Crippen molar-refractivity contribution in [2.45, 2.75) is 43.5 Å². The van der Waals surface area contributed by atoms with E-state index in [4.69, 9.17) is 15.9 Å². The lowest BCUT2D eigenvalue weighted by molar-refractivity contribution is -0.142. The molecule has 2 aromatic rings. The summed E-state index contributed by atoms with van der Waals surface area (Å²) in [7, 11) is -2.65. The number of methoxy groups -OCH3 is 1. The molecular formula is C27H37N7O6S2. The second kappa shape index (κ2) is 15.4. The standard InChI is InChI=1S/C27H37N7O6S2/c1-19(32-21(9-6-12-31-27(28)29)24(36)25-30-13-16-41-25)17-33-14-15-34(22(26(33)37)10-11-23(35)40-2)42(38,39)18-20-7-4-3-5-8-20/h3-5,7-8,13,16,21-22,32H,1,6,9-12,14-15,17-18H2,2H3,(H4,28,29,31)/t21-,22-/m0/s1. The molecule has 1 aromatic heterocycles. The van der Waals surface area contributed by atoms with Crippen molar-refractivity contribution in [3.8, 4) is 0 Å². The third-order valence-electron chi connectivity index (χ3n) is 6.64. The number of guanidine groups is 1. The fraction of sp³-hybridized carbons (Fsp3) is 0.444.